The highest BCUT2D eigenvalue weighted by molar-refractivity contribution is 6.06. The Kier molecular flexibility index (Phi) is 10.3. The molecule has 5 rings (SSSR count). The Balaban J connectivity index is 1.44. The summed E-state index contributed by atoms with van der Waals surface area (Å²) in [5, 5.41) is 13.8. The summed E-state index contributed by atoms with van der Waals surface area (Å²) in [6.45, 7) is 9.83. The number of carbonyl (C=O) groups excluding carboxylic acids is 1. The Bertz CT molecular complexity index is 1750. The molecule has 0 saturated carbocycles. The van der Waals surface area contributed by atoms with E-state index in [1.165, 1.54) is 10.3 Å². The number of aliphatic hydroxyl groups excluding tert-OH is 1. The number of carbonyl (C=O) groups is 1. The summed E-state index contributed by atoms with van der Waals surface area (Å²) < 4.78 is 3.65. The van der Waals surface area contributed by atoms with Crippen LogP contribution in [0.25, 0.3) is 11.1 Å². The first-order valence-corrected chi connectivity index (χ1v) is 16.1. The van der Waals surface area contributed by atoms with Crippen LogP contribution in [0.15, 0.2) is 53.7 Å². The Morgan fingerprint density at radius 1 is 1.09 bits per heavy atom. The number of amides is 1. The standard InChI is InChI=1S/C34H45BN8O3/c1-6-8-9-29-23(3)18-30-34(46)43(17-16-42(29)30)32-27(22-44)26(12-13-36-32)24-19-28(33(45)39(4)21-24)38-31-11-10-25(20-37-31)41(7-2)15-14-40(5)35/h10-13,18-21,44H,6-9,14-17,22,35H2,1-5H3,(H,37,38). The van der Waals surface area contributed by atoms with Crippen LogP contribution in [0.2, 0.25) is 0 Å². The molecule has 1 amide bonds. The van der Waals surface area contributed by atoms with Gasteiger partial charge < -0.3 is 29.3 Å². The number of nitrogens with zero attached hydrogens (tertiary/aromatic N) is 7. The molecule has 11 nitrogen and oxygen atoms in total. The van der Waals surface area contributed by atoms with Crippen LogP contribution in [0.4, 0.5) is 23.0 Å². The number of hydrogen-bond donors (Lipinski definition) is 2. The van der Waals surface area contributed by atoms with Crippen LogP contribution < -0.4 is 20.7 Å². The highest BCUT2D eigenvalue weighted by Gasteiger charge is 2.31. The fourth-order valence-electron chi connectivity index (χ4n) is 6.14. The Morgan fingerprint density at radius 2 is 1.89 bits per heavy atom. The minimum Gasteiger partial charge on any atom is -0.392 e. The van der Waals surface area contributed by atoms with Crippen molar-refractivity contribution < 1.29 is 9.90 Å². The van der Waals surface area contributed by atoms with Crippen molar-refractivity contribution in [1.82, 2.24) is 23.9 Å². The van der Waals surface area contributed by atoms with E-state index < -0.39 is 0 Å². The predicted octanol–water partition coefficient (Wildman–Crippen LogP) is 3.50. The van der Waals surface area contributed by atoms with Gasteiger partial charge in [-0.15, -0.1) is 0 Å². The van der Waals surface area contributed by atoms with Crippen molar-refractivity contribution in [3.8, 4) is 11.1 Å². The Morgan fingerprint density at radius 3 is 2.57 bits per heavy atom. The summed E-state index contributed by atoms with van der Waals surface area (Å²) in [7, 11) is 5.80. The summed E-state index contributed by atoms with van der Waals surface area (Å²) in [4.78, 5) is 42.2. The second-order valence-corrected chi connectivity index (χ2v) is 12.2. The molecular formula is C34H45BN8O3. The van der Waals surface area contributed by atoms with Crippen molar-refractivity contribution in [2.24, 2.45) is 7.05 Å². The lowest BCUT2D eigenvalue weighted by molar-refractivity contribution is 0.0963. The quantitative estimate of drug-likeness (QED) is 0.218. The van der Waals surface area contributed by atoms with Gasteiger partial charge in [0.2, 0.25) is 0 Å². The van der Waals surface area contributed by atoms with E-state index in [9.17, 15) is 14.7 Å². The third kappa shape index (κ3) is 6.73. The van der Waals surface area contributed by atoms with Gasteiger partial charge in [-0.3, -0.25) is 14.5 Å². The number of hydrogen-bond acceptors (Lipinski definition) is 8. The molecule has 4 aromatic heterocycles. The molecule has 0 unspecified atom stereocenters. The molecule has 0 aromatic carbocycles. The third-order valence-electron chi connectivity index (χ3n) is 8.72. The monoisotopic (exact) mass is 624 g/mol. The van der Waals surface area contributed by atoms with Gasteiger partial charge in [-0.05, 0) is 75.2 Å². The predicted molar refractivity (Wildman–Crippen MR) is 187 cm³/mol. The molecule has 242 valence electrons. The summed E-state index contributed by atoms with van der Waals surface area (Å²) in [6, 6.07) is 9.41. The van der Waals surface area contributed by atoms with Gasteiger partial charge in [-0.2, -0.15) is 0 Å². The summed E-state index contributed by atoms with van der Waals surface area (Å²) in [5.41, 5.74) is 6.09. The Labute approximate surface area is 271 Å². The number of unbranched alkanes of at least 4 members (excludes halogenated alkanes) is 1. The van der Waals surface area contributed by atoms with Gasteiger partial charge in [0.25, 0.3) is 11.5 Å². The number of aliphatic hydroxyl groups is 1. The lowest BCUT2D eigenvalue weighted by Crippen LogP contribution is -2.41. The second-order valence-electron chi connectivity index (χ2n) is 12.2. The fraction of sp³-hybridized carbons (Fsp3) is 0.412. The maximum Gasteiger partial charge on any atom is 0.276 e. The molecule has 1 aliphatic rings. The van der Waals surface area contributed by atoms with Gasteiger partial charge in [0.15, 0.2) is 7.98 Å². The molecule has 12 heteroatoms. The van der Waals surface area contributed by atoms with Crippen LogP contribution in [0.1, 0.15) is 54.0 Å². The molecule has 4 aromatic rings. The number of fused-ring (bicyclic) bond motifs is 1. The first-order chi connectivity index (χ1) is 22.2. The van der Waals surface area contributed by atoms with Gasteiger partial charge in [0.05, 0.1) is 18.5 Å². The maximum absolute atomic E-state index is 13.8. The molecule has 5 heterocycles. The van der Waals surface area contributed by atoms with E-state index in [0.29, 0.717) is 52.8 Å². The minimum atomic E-state index is -0.319. The van der Waals surface area contributed by atoms with Crippen molar-refractivity contribution in [1.29, 1.82) is 0 Å². The van der Waals surface area contributed by atoms with Crippen molar-refractivity contribution in [3.05, 3.63) is 81.8 Å². The molecule has 0 saturated heterocycles. The smallest absolute Gasteiger partial charge is 0.276 e. The molecule has 0 bridgehead atoms. The van der Waals surface area contributed by atoms with E-state index in [1.807, 2.05) is 30.5 Å². The lowest BCUT2D eigenvalue weighted by Gasteiger charge is -2.30. The van der Waals surface area contributed by atoms with Gasteiger partial charge in [-0.1, -0.05) is 13.3 Å². The zero-order chi connectivity index (χ0) is 33.0. The van der Waals surface area contributed by atoms with Crippen molar-refractivity contribution in [2.75, 3.05) is 48.3 Å². The van der Waals surface area contributed by atoms with Crippen LogP contribution in [0, 0.1) is 6.92 Å². The van der Waals surface area contributed by atoms with Crippen LogP contribution in [-0.2, 0) is 26.6 Å². The topological polar surface area (TPSA) is 112 Å². The molecule has 2 N–H and O–H groups in total. The largest absolute Gasteiger partial charge is 0.392 e. The molecule has 0 spiro atoms. The zero-order valence-corrected chi connectivity index (χ0v) is 27.9. The molecule has 46 heavy (non-hydrogen) atoms. The summed E-state index contributed by atoms with van der Waals surface area (Å²) >= 11 is 0. The van der Waals surface area contributed by atoms with E-state index in [2.05, 4.69) is 65.4 Å². The average Bonchev–Trinajstić information content (AvgIpc) is 3.38. The van der Waals surface area contributed by atoms with Crippen LogP contribution in [0.5, 0.6) is 0 Å². The van der Waals surface area contributed by atoms with E-state index in [4.69, 9.17) is 0 Å². The number of aryl methyl sites for hydroxylation is 2. The fourth-order valence-corrected chi connectivity index (χ4v) is 6.14. The molecule has 0 radical (unpaired) electrons. The first-order valence-electron chi connectivity index (χ1n) is 16.1. The third-order valence-corrected chi connectivity index (χ3v) is 8.72. The Hall–Kier alpha value is -4.42. The van der Waals surface area contributed by atoms with E-state index in [0.717, 1.165) is 50.1 Å². The van der Waals surface area contributed by atoms with E-state index in [1.54, 1.807) is 30.4 Å². The van der Waals surface area contributed by atoms with Crippen LogP contribution in [-0.4, -0.2) is 76.1 Å². The average molecular weight is 625 g/mol. The zero-order valence-electron chi connectivity index (χ0n) is 27.9. The number of anilines is 4. The number of nitrogens with one attached hydrogen (secondary N) is 1. The van der Waals surface area contributed by atoms with Crippen molar-refractivity contribution in [3.63, 3.8) is 0 Å². The van der Waals surface area contributed by atoms with Gasteiger partial charge in [0, 0.05) is 69.0 Å². The molecular weight excluding hydrogens is 579 g/mol. The van der Waals surface area contributed by atoms with Crippen LogP contribution >= 0.6 is 0 Å². The first kappa shape index (κ1) is 33.0. The highest BCUT2D eigenvalue weighted by atomic mass is 16.3. The van der Waals surface area contributed by atoms with E-state index >= 15 is 0 Å². The normalized spacial score (nSPS) is 12.9. The van der Waals surface area contributed by atoms with Gasteiger partial charge in [0.1, 0.15) is 23.0 Å². The summed E-state index contributed by atoms with van der Waals surface area (Å²) in [5.74, 6) is 0.854. The number of aromatic nitrogens is 4. The minimum absolute atomic E-state index is 0.128. The van der Waals surface area contributed by atoms with E-state index in [-0.39, 0.29) is 18.1 Å². The molecule has 0 fully saturated rings. The molecule has 1 aliphatic heterocycles. The van der Waals surface area contributed by atoms with Crippen molar-refractivity contribution >= 4 is 36.9 Å². The molecule has 0 aliphatic carbocycles. The maximum atomic E-state index is 13.8. The second kappa shape index (κ2) is 14.3. The SMILES string of the molecule is BN(C)CCN(CC)c1ccc(Nc2cc(-c3ccnc(N4CCn5c(cc(C)c5CCCC)C4=O)c3CO)cn(C)c2=O)nc1. The van der Waals surface area contributed by atoms with Gasteiger partial charge >= 0.3 is 0 Å². The lowest BCUT2D eigenvalue weighted by atomic mass is 10.0. The molecule has 0 atom stereocenters. The number of likely N-dealkylation sites (N-methyl/N-ethyl adjacent to an activating group) is 2. The number of pyridine rings is 3. The van der Waals surface area contributed by atoms with Crippen LogP contribution in [0.3, 0.4) is 0 Å². The number of rotatable bonds is 13. The van der Waals surface area contributed by atoms with Crippen molar-refractivity contribution in [2.45, 2.75) is 53.2 Å². The highest BCUT2D eigenvalue weighted by Crippen LogP contribution is 2.33. The summed E-state index contributed by atoms with van der Waals surface area (Å²) in [6.07, 6.45) is 8.32. The van der Waals surface area contributed by atoms with Gasteiger partial charge in [-0.25, -0.2) is 9.97 Å².